The van der Waals surface area contributed by atoms with E-state index in [0.717, 1.165) is 28.8 Å². The van der Waals surface area contributed by atoms with Gasteiger partial charge in [0, 0.05) is 11.1 Å². The van der Waals surface area contributed by atoms with Crippen molar-refractivity contribution in [3.05, 3.63) is 119 Å². The predicted molar refractivity (Wildman–Crippen MR) is 130 cm³/mol. The zero-order chi connectivity index (χ0) is 24.1. The molecule has 0 fully saturated rings. The van der Waals surface area contributed by atoms with Crippen LogP contribution in [0.5, 0.6) is 5.75 Å². The lowest BCUT2D eigenvalue weighted by atomic mass is 9.99. The minimum absolute atomic E-state index is 0.353. The highest BCUT2D eigenvalue weighted by Crippen LogP contribution is 2.32. The molecule has 0 bridgehead atoms. The molecule has 1 N–H and O–H groups in total. The Morgan fingerprint density at radius 1 is 0.765 bits per heavy atom. The number of ether oxygens (including phenoxy) is 1. The van der Waals surface area contributed by atoms with Gasteiger partial charge in [-0.3, -0.25) is 5.43 Å². The summed E-state index contributed by atoms with van der Waals surface area (Å²) in [5, 5.41) is 4.56. The number of alkyl halides is 3. The monoisotopic (exact) mass is 460 g/mol. The van der Waals surface area contributed by atoms with E-state index in [4.69, 9.17) is 4.74 Å². The Morgan fingerprint density at radius 3 is 2.15 bits per heavy atom. The average molecular weight is 460 g/mol. The van der Waals surface area contributed by atoms with Crippen molar-refractivity contribution in [1.29, 1.82) is 0 Å². The molecule has 172 valence electrons. The summed E-state index contributed by atoms with van der Waals surface area (Å²) in [5.41, 5.74) is 7.29. The highest BCUT2D eigenvalue weighted by molar-refractivity contribution is 6.13. The predicted octanol–water partition coefficient (Wildman–Crippen LogP) is 7.55. The summed E-state index contributed by atoms with van der Waals surface area (Å²) in [6, 6.07) is 28.2. The molecule has 3 nitrogen and oxygen atoms in total. The number of nitrogens with zero attached hydrogens (tertiary/aromatic N) is 1. The first kappa shape index (κ1) is 23.1. The third-order valence-corrected chi connectivity index (χ3v) is 5.35. The Kier molecular flexibility index (Phi) is 6.68. The number of hydrogen-bond donors (Lipinski definition) is 1. The molecular formula is C28H23F3N2O. The summed E-state index contributed by atoms with van der Waals surface area (Å²) in [6.07, 6.45) is -4.45. The largest absolute Gasteiger partial charge is 0.495 e. The second kappa shape index (κ2) is 9.83. The van der Waals surface area contributed by atoms with Crippen LogP contribution < -0.4 is 10.2 Å². The third kappa shape index (κ3) is 5.29. The van der Waals surface area contributed by atoms with Gasteiger partial charge < -0.3 is 4.74 Å². The van der Waals surface area contributed by atoms with Crippen molar-refractivity contribution in [3.63, 3.8) is 0 Å². The second-order valence-corrected chi connectivity index (χ2v) is 7.80. The number of hydrogen-bond acceptors (Lipinski definition) is 3. The first-order valence-corrected chi connectivity index (χ1v) is 10.7. The first-order chi connectivity index (χ1) is 16.3. The van der Waals surface area contributed by atoms with E-state index in [0.29, 0.717) is 28.3 Å². The smallest absolute Gasteiger partial charge is 0.416 e. The second-order valence-electron chi connectivity index (χ2n) is 7.80. The standard InChI is InChI=1S/C28H23F3N2O/c1-19-8-6-11-22(16-19)27(23-12-7-13-24(17-23)28(29,30)31)33-32-25-18-21(14-15-26(25)34-2)20-9-4-3-5-10-20/h3-18,32H,1-2H3/b33-27-. The van der Waals surface area contributed by atoms with Gasteiger partial charge in [-0.1, -0.05) is 72.3 Å². The summed E-state index contributed by atoms with van der Waals surface area (Å²) in [4.78, 5) is 0. The van der Waals surface area contributed by atoms with Crippen LogP contribution >= 0.6 is 0 Å². The minimum Gasteiger partial charge on any atom is -0.495 e. The van der Waals surface area contributed by atoms with Crippen molar-refractivity contribution in [3.8, 4) is 16.9 Å². The molecule has 0 atom stereocenters. The zero-order valence-electron chi connectivity index (χ0n) is 18.7. The van der Waals surface area contributed by atoms with Crippen LogP contribution in [0.4, 0.5) is 18.9 Å². The van der Waals surface area contributed by atoms with Gasteiger partial charge in [0.2, 0.25) is 0 Å². The van der Waals surface area contributed by atoms with Gasteiger partial charge in [0.05, 0.1) is 24.1 Å². The summed E-state index contributed by atoms with van der Waals surface area (Å²) in [5.74, 6) is 0.566. The van der Waals surface area contributed by atoms with Crippen LogP contribution in [0.25, 0.3) is 11.1 Å². The van der Waals surface area contributed by atoms with Gasteiger partial charge in [-0.05, 0) is 48.4 Å². The van der Waals surface area contributed by atoms with Gasteiger partial charge >= 0.3 is 6.18 Å². The molecule has 0 saturated carbocycles. The van der Waals surface area contributed by atoms with E-state index in [1.807, 2.05) is 79.7 Å². The first-order valence-electron chi connectivity index (χ1n) is 10.7. The lowest BCUT2D eigenvalue weighted by molar-refractivity contribution is -0.137. The topological polar surface area (TPSA) is 33.6 Å². The van der Waals surface area contributed by atoms with Crippen molar-refractivity contribution in [1.82, 2.24) is 0 Å². The molecule has 0 aliphatic heterocycles. The Balaban J connectivity index is 1.79. The number of rotatable bonds is 6. The van der Waals surface area contributed by atoms with Crippen LogP contribution in [0.2, 0.25) is 0 Å². The molecule has 0 spiro atoms. The molecule has 6 heteroatoms. The third-order valence-electron chi connectivity index (χ3n) is 5.35. The van der Waals surface area contributed by atoms with Gasteiger partial charge in [-0.15, -0.1) is 0 Å². The molecule has 0 aliphatic carbocycles. The lowest BCUT2D eigenvalue weighted by Gasteiger charge is -2.14. The number of halogens is 3. The highest BCUT2D eigenvalue weighted by Gasteiger charge is 2.30. The molecule has 0 amide bonds. The molecule has 0 unspecified atom stereocenters. The van der Waals surface area contributed by atoms with E-state index in [-0.39, 0.29) is 0 Å². The van der Waals surface area contributed by atoms with E-state index in [1.165, 1.54) is 6.07 Å². The molecule has 4 rings (SSSR count). The summed E-state index contributed by atoms with van der Waals surface area (Å²) in [7, 11) is 1.56. The summed E-state index contributed by atoms with van der Waals surface area (Å²) in [6.45, 7) is 1.92. The lowest BCUT2D eigenvalue weighted by Crippen LogP contribution is -2.11. The van der Waals surface area contributed by atoms with E-state index in [1.54, 1.807) is 13.2 Å². The molecular weight excluding hydrogens is 437 g/mol. The van der Waals surface area contributed by atoms with Crippen molar-refractivity contribution >= 4 is 11.4 Å². The van der Waals surface area contributed by atoms with Crippen LogP contribution in [-0.4, -0.2) is 12.8 Å². The van der Waals surface area contributed by atoms with Crippen LogP contribution in [0.15, 0.2) is 102 Å². The number of methoxy groups -OCH3 is 1. The number of aryl methyl sites for hydroxylation is 1. The normalized spacial score (nSPS) is 11.9. The highest BCUT2D eigenvalue weighted by atomic mass is 19.4. The summed E-state index contributed by atoms with van der Waals surface area (Å²) < 4.78 is 45.6. The number of benzene rings is 4. The maximum atomic E-state index is 13.4. The summed E-state index contributed by atoms with van der Waals surface area (Å²) >= 11 is 0. The average Bonchev–Trinajstić information content (AvgIpc) is 2.84. The molecule has 0 saturated heterocycles. The Bertz CT molecular complexity index is 1310. The molecule has 34 heavy (non-hydrogen) atoms. The van der Waals surface area contributed by atoms with Crippen molar-refractivity contribution in [2.75, 3.05) is 12.5 Å². The van der Waals surface area contributed by atoms with Gasteiger partial charge in [0.15, 0.2) is 0 Å². The van der Waals surface area contributed by atoms with Gasteiger partial charge in [0.25, 0.3) is 0 Å². The van der Waals surface area contributed by atoms with E-state index in [2.05, 4.69) is 10.5 Å². The van der Waals surface area contributed by atoms with Gasteiger partial charge in [-0.2, -0.15) is 18.3 Å². The Hall–Kier alpha value is -4.06. The SMILES string of the molecule is COc1ccc(-c2ccccc2)cc1N/N=C(/c1cccc(C)c1)c1cccc(C(F)(F)F)c1. The minimum atomic E-state index is -4.45. The van der Waals surface area contributed by atoms with Crippen molar-refractivity contribution < 1.29 is 17.9 Å². The van der Waals surface area contributed by atoms with Crippen molar-refractivity contribution in [2.24, 2.45) is 5.10 Å². The van der Waals surface area contributed by atoms with E-state index in [9.17, 15) is 13.2 Å². The van der Waals surface area contributed by atoms with Crippen LogP contribution in [0, 0.1) is 6.92 Å². The molecule has 4 aromatic carbocycles. The van der Waals surface area contributed by atoms with Crippen LogP contribution in [0.1, 0.15) is 22.3 Å². The number of hydrazone groups is 1. The fraction of sp³-hybridized carbons (Fsp3) is 0.107. The van der Waals surface area contributed by atoms with Gasteiger partial charge in [0.1, 0.15) is 5.75 Å². The fourth-order valence-electron chi connectivity index (χ4n) is 3.65. The molecule has 0 heterocycles. The number of nitrogens with one attached hydrogen (secondary N) is 1. The van der Waals surface area contributed by atoms with Crippen LogP contribution in [0.3, 0.4) is 0 Å². The Labute approximate surface area is 196 Å². The molecule has 4 aromatic rings. The molecule has 0 aromatic heterocycles. The van der Waals surface area contributed by atoms with Crippen molar-refractivity contribution in [2.45, 2.75) is 13.1 Å². The number of anilines is 1. The zero-order valence-corrected chi connectivity index (χ0v) is 18.7. The molecule has 0 aliphatic rings. The van der Waals surface area contributed by atoms with Crippen LogP contribution in [-0.2, 0) is 6.18 Å². The fourth-order valence-corrected chi connectivity index (χ4v) is 3.65. The van der Waals surface area contributed by atoms with E-state index >= 15 is 0 Å². The van der Waals surface area contributed by atoms with Gasteiger partial charge in [-0.25, -0.2) is 0 Å². The maximum absolute atomic E-state index is 13.4. The maximum Gasteiger partial charge on any atom is 0.416 e. The quantitative estimate of drug-likeness (QED) is 0.238. The Morgan fingerprint density at radius 2 is 1.47 bits per heavy atom. The van der Waals surface area contributed by atoms with E-state index < -0.39 is 11.7 Å². The molecule has 0 radical (unpaired) electrons.